The first kappa shape index (κ1) is 28.3. The monoisotopic (exact) mass is 555 g/mol. The maximum atomic E-state index is 13.5. The molecule has 0 bridgehead atoms. The molecule has 212 valence electrons. The van der Waals surface area contributed by atoms with Gasteiger partial charge in [-0.15, -0.1) is 0 Å². The normalized spacial score (nSPS) is 16.8. The van der Waals surface area contributed by atoms with Crippen molar-refractivity contribution in [2.45, 2.75) is 58.5 Å². The summed E-state index contributed by atoms with van der Waals surface area (Å²) in [6.45, 7) is 14.9. The van der Waals surface area contributed by atoms with Crippen molar-refractivity contribution < 1.29 is 16.1 Å². The number of carbonyl (C=O) groups is 1. The lowest BCUT2D eigenvalue weighted by molar-refractivity contribution is 0.0981. The summed E-state index contributed by atoms with van der Waals surface area (Å²) >= 11 is 0. The fourth-order valence-electron chi connectivity index (χ4n) is 5.23. The molecule has 10 nitrogen and oxygen atoms in total. The second kappa shape index (κ2) is 10.8. The van der Waals surface area contributed by atoms with Gasteiger partial charge in [0.15, 0.2) is 5.03 Å². The number of sulfonamides is 1. The molecule has 0 spiro atoms. The van der Waals surface area contributed by atoms with Crippen LogP contribution in [-0.4, -0.2) is 54.5 Å². The molecule has 11 heteroatoms. The fourth-order valence-corrected chi connectivity index (χ4v) is 6.17. The highest BCUT2D eigenvalue weighted by atomic mass is 32.2. The molecule has 1 amide bonds. The first-order valence-electron chi connectivity index (χ1n) is 13.2. The Morgan fingerprint density at radius 1 is 1.13 bits per heavy atom. The lowest BCUT2D eigenvalue weighted by Gasteiger charge is -2.34. The largest absolute Gasteiger partial charge is 0.384 e. The van der Waals surface area contributed by atoms with Crippen molar-refractivity contribution in [2.75, 3.05) is 35.2 Å². The molecular weight excluding hydrogens is 514 g/mol. The van der Waals surface area contributed by atoms with E-state index in [0.29, 0.717) is 29.7 Å². The van der Waals surface area contributed by atoms with Crippen molar-refractivity contribution >= 4 is 33.4 Å². The third-order valence-electron chi connectivity index (χ3n) is 7.00. The standard InChI is InChI=1S/C28H37N7O3S.2H2/c1-7-34(8-2)24-15-18(3)14-22(30-24)21-13-12-20(26(31-21)35-17-19(4)16-28(35,5)6)27(36)33-39(37,38)25-11-9-10-23(29)32-25;;/h9-15,19H,7-8,16-17H2,1-6H3,(H2,29,32)(H,33,36);2*1H/t19-;;/m0../s1. The summed E-state index contributed by atoms with van der Waals surface area (Å²) in [5, 5.41) is -0.329. The maximum absolute atomic E-state index is 13.5. The average Bonchev–Trinajstić information content (AvgIpc) is 3.15. The van der Waals surface area contributed by atoms with Crippen molar-refractivity contribution in [2.24, 2.45) is 5.92 Å². The van der Waals surface area contributed by atoms with Crippen molar-refractivity contribution in [3.05, 3.63) is 53.6 Å². The van der Waals surface area contributed by atoms with Crippen molar-refractivity contribution in [1.29, 1.82) is 0 Å². The molecule has 3 aromatic heterocycles. The first-order chi connectivity index (χ1) is 18.3. The van der Waals surface area contributed by atoms with E-state index in [1.165, 1.54) is 18.2 Å². The van der Waals surface area contributed by atoms with Crippen LogP contribution in [0.5, 0.6) is 0 Å². The van der Waals surface area contributed by atoms with Crippen LogP contribution in [-0.2, 0) is 10.0 Å². The van der Waals surface area contributed by atoms with Crippen LogP contribution in [0.15, 0.2) is 47.5 Å². The molecule has 0 aliphatic carbocycles. The van der Waals surface area contributed by atoms with E-state index in [9.17, 15) is 13.2 Å². The zero-order chi connectivity index (χ0) is 28.5. The summed E-state index contributed by atoms with van der Waals surface area (Å²) in [6.07, 6.45) is 0.903. The van der Waals surface area contributed by atoms with Crippen LogP contribution in [0.3, 0.4) is 0 Å². The maximum Gasteiger partial charge on any atom is 0.281 e. The van der Waals surface area contributed by atoms with E-state index in [1.54, 1.807) is 12.1 Å². The number of pyridine rings is 3. The summed E-state index contributed by atoms with van der Waals surface area (Å²) < 4.78 is 28.1. The fraction of sp³-hybridized carbons (Fsp3) is 0.429. The average molecular weight is 556 g/mol. The third kappa shape index (κ3) is 5.98. The number of hydrogen-bond donors (Lipinski definition) is 2. The highest BCUT2D eigenvalue weighted by molar-refractivity contribution is 7.90. The Kier molecular flexibility index (Phi) is 7.83. The zero-order valence-corrected chi connectivity index (χ0v) is 24.2. The van der Waals surface area contributed by atoms with E-state index in [0.717, 1.165) is 30.9 Å². The van der Waals surface area contributed by atoms with Gasteiger partial charge in [0, 0.05) is 28.0 Å². The van der Waals surface area contributed by atoms with Gasteiger partial charge in [-0.05, 0) is 88.9 Å². The van der Waals surface area contributed by atoms with Crippen LogP contribution in [0.2, 0.25) is 0 Å². The minimum Gasteiger partial charge on any atom is -0.384 e. The molecule has 1 saturated heterocycles. The number of nitrogen functional groups attached to an aromatic ring is 1. The SMILES string of the molecule is CCN(CC)c1cc(C)cc(-c2ccc(C(=O)NS(=O)(=O)c3cccc(N)n3)c(N3C[C@@H](C)CC3(C)C)n2)n1.[HH].[HH]. The second-order valence-electron chi connectivity index (χ2n) is 10.7. The number of anilines is 3. The summed E-state index contributed by atoms with van der Waals surface area (Å²) in [5.41, 5.74) is 7.87. The Morgan fingerprint density at radius 2 is 1.85 bits per heavy atom. The number of hydrogen-bond acceptors (Lipinski definition) is 9. The first-order valence-corrected chi connectivity index (χ1v) is 14.6. The van der Waals surface area contributed by atoms with Gasteiger partial charge >= 0.3 is 0 Å². The number of nitrogens with one attached hydrogen (secondary N) is 1. The molecule has 1 fully saturated rings. The van der Waals surface area contributed by atoms with Crippen LogP contribution in [0.25, 0.3) is 11.4 Å². The van der Waals surface area contributed by atoms with E-state index in [2.05, 4.69) is 54.1 Å². The van der Waals surface area contributed by atoms with Gasteiger partial charge in [0.2, 0.25) is 0 Å². The van der Waals surface area contributed by atoms with Gasteiger partial charge in [0.05, 0.1) is 17.0 Å². The third-order valence-corrected chi connectivity index (χ3v) is 8.23. The molecule has 4 rings (SSSR count). The van der Waals surface area contributed by atoms with Crippen LogP contribution >= 0.6 is 0 Å². The number of rotatable bonds is 8. The van der Waals surface area contributed by atoms with E-state index >= 15 is 0 Å². The van der Waals surface area contributed by atoms with Crippen LogP contribution in [0, 0.1) is 12.8 Å². The molecule has 3 aromatic rings. The lowest BCUT2D eigenvalue weighted by atomic mass is 9.97. The minimum absolute atomic E-state index is 0. The molecule has 3 N–H and O–H groups in total. The van der Waals surface area contributed by atoms with Crippen molar-refractivity contribution in [3.8, 4) is 11.4 Å². The van der Waals surface area contributed by atoms with Gasteiger partial charge in [-0.25, -0.2) is 19.7 Å². The Bertz CT molecular complexity index is 1500. The van der Waals surface area contributed by atoms with Crippen LogP contribution in [0.1, 0.15) is 59.8 Å². The molecule has 1 aliphatic heterocycles. The lowest BCUT2D eigenvalue weighted by Crippen LogP contribution is -2.41. The van der Waals surface area contributed by atoms with Crippen LogP contribution < -0.4 is 20.3 Å². The van der Waals surface area contributed by atoms with Crippen LogP contribution in [0.4, 0.5) is 17.5 Å². The molecule has 4 heterocycles. The van der Waals surface area contributed by atoms with Crippen molar-refractivity contribution in [1.82, 2.24) is 19.7 Å². The summed E-state index contributed by atoms with van der Waals surface area (Å²) in [6, 6.07) is 11.6. The molecule has 0 radical (unpaired) electrons. The second-order valence-corrected chi connectivity index (χ2v) is 12.3. The van der Waals surface area contributed by atoms with E-state index < -0.39 is 15.9 Å². The highest BCUT2D eigenvalue weighted by Gasteiger charge is 2.39. The van der Waals surface area contributed by atoms with Crippen molar-refractivity contribution in [3.63, 3.8) is 0 Å². The molecular formula is C28H41N7O3S. The predicted molar refractivity (Wildman–Crippen MR) is 159 cm³/mol. The Hall–Kier alpha value is -3.73. The number of aromatic nitrogens is 3. The topological polar surface area (TPSA) is 134 Å². The quantitative estimate of drug-likeness (QED) is 0.411. The van der Waals surface area contributed by atoms with E-state index in [4.69, 9.17) is 15.7 Å². The van der Waals surface area contributed by atoms with Gasteiger partial charge in [0.1, 0.15) is 17.5 Å². The Labute approximate surface area is 233 Å². The summed E-state index contributed by atoms with van der Waals surface area (Å²) in [5.74, 6) is 0.899. The van der Waals surface area contributed by atoms with Gasteiger partial charge < -0.3 is 15.5 Å². The number of aryl methyl sites for hydroxylation is 1. The minimum atomic E-state index is -4.25. The van der Waals surface area contributed by atoms with Gasteiger partial charge in [-0.2, -0.15) is 8.42 Å². The Balaban J connectivity index is 0.00000294. The zero-order valence-electron chi connectivity index (χ0n) is 23.4. The number of amides is 1. The predicted octanol–water partition coefficient (Wildman–Crippen LogP) is 4.51. The smallest absolute Gasteiger partial charge is 0.281 e. The summed E-state index contributed by atoms with van der Waals surface area (Å²) in [4.78, 5) is 31.4. The van der Waals surface area contributed by atoms with E-state index in [-0.39, 0.29) is 24.8 Å². The highest BCUT2D eigenvalue weighted by Crippen LogP contribution is 2.38. The molecule has 0 unspecified atom stereocenters. The molecule has 1 aliphatic rings. The number of carbonyl (C=O) groups excluding carboxylic acids is 1. The van der Waals surface area contributed by atoms with E-state index in [1.807, 2.05) is 19.1 Å². The molecule has 0 saturated carbocycles. The molecule has 39 heavy (non-hydrogen) atoms. The number of nitrogens with zero attached hydrogens (tertiary/aromatic N) is 5. The molecule has 0 aromatic carbocycles. The Morgan fingerprint density at radius 3 is 2.46 bits per heavy atom. The van der Waals surface area contributed by atoms with Gasteiger partial charge in [-0.1, -0.05) is 13.0 Å². The molecule has 1 atom stereocenters. The number of nitrogens with two attached hydrogens (primary N) is 1. The summed E-state index contributed by atoms with van der Waals surface area (Å²) in [7, 11) is -4.25. The van der Waals surface area contributed by atoms with Gasteiger partial charge in [0.25, 0.3) is 15.9 Å². The van der Waals surface area contributed by atoms with Gasteiger partial charge in [-0.3, -0.25) is 4.79 Å².